The van der Waals surface area contributed by atoms with E-state index in [1.54, 1.807) is 0 Å². The summed E-state index contributed by atoms with van der Waals surface area (Å²) in [6, 6.07) is 0.0329. The first-order valence-electron chi connectivity index (χ1n) is 6.59. The molecule has 0 saturated carbocycles. The van der Waals surface area contributed by atoms with Crippen molar-refractivity contribution in [2.24, 2.45) is 5.92 Å². The largest absolute Gasteiger partial charge is 0.353 e. The third-order valence-electron chi connectivity index (χ3n) is 3.35. The van der Waals surface area contributed by atoms with Crippen LogP contribution in [-0.4, -0.2) is 44.5 Å². The van der Waals surface area contributed by atoms with Gasteiger partial charge in [0.25, 0.3) is 0 Å². The second kappa shape index (κ2) is 6.52. The molecule has 0 radical (unpaired) electrons. The van der Waals surface area contributed by atoms with Crippen LogP contribution >= 0.6 is 0 Å². The molecule has 6 heteroatoms. The molecule has 1 rings (SSSR count). The molecule has 0 aromatic rings. The summed E-state index contributed by atoms with van der Waals surface area (Å²) in [4.78, 5) is 11.9. The average Bonchev–Trinajstić information content (AvgIpc) is 2.23. The van der Waals surface area contributed by atoms with E-state index in [4.69, 9.17) is 0 Å². The van der Waals surface area contributed by atoms with Crippen molar-refractivity contribution < 1.29 is 13.2 Å². The predicted octanol–water partition coefficient (Wildman–Crippen LogP) is 0.314. The van der Waals surface area contributed by atoms with E-state index in [-0.39, 0.29) is 23.6 Å². The third kappa shape index (κ3) is 4.24. The zero-order valence-electron chi connectivity index (χ0n) is 11.4. The molecule has 0 spiro atoms. The summed E-state index contributed by atoms with van der Waals surface area (Å²) in [7, 11) is -3.33. The standard InChI is InChI=1S/C12H24N2O3S/c1-4-5-9(2)14-12(15)10(3)18(16,17)8-11-6-13-7-11/h9-11,13H,4-8H2,1-3H3,(H,14,15). The fourth-order valence-corrected chi connectivity index (χ4v) is 3.54. The molecule has 1 aliphatic rings. The zero-order valence-corrected chi connectivity index (χ0v) is 12.2. The molecule has 2 unspecified atom stereocenters. The maximum atomic E-state index is 12.0. The van der Waals surface area contributed by atoms with Crippen molar-refractivity contribution in [1.29, 1.82) is 0 Å². The Morgan fingerprint density at radius 2 is 2.00 bits per heavy atom. The molecule has 2 N–H and O–H groups in total. The van der Waals surface area contributed by atoms with Crippen LogP contribution in [-0.2, 0) is 14.6 Å². The number of carbonyl (C=O) groups is 1. The first kappa shape index (κ1) is 15.4. The Morgan fingerprint density at radius 3 is 2.44 bits per heavy atom. The van der Waals surface area contributed by atoms with E-state index in [1.165, 1.54) is 6.92 Å². The molecule has 18 heavy (non-hydrogen) atoms. The van der Waals surface area contributed by atoms with Crippen molar-refractivity contribution >= 4 is 15.7 Å². The molecule has 1 aliphatic heterocycles. The van der Waals surface area contributed by atoms with Crippen LogP contribution in [0.1, 0.15) is 33.6 Å². The lowest BCUT2D eigenvalue weighted by atomic mass is 10.1. The molecule has 5 nitrogen and oxygen atoms in total. The van der Waals surface area contributed by atoms with Crippen LogP contribution in [0.5, 0.6) is 0 Å². The summed E-state index contributed by atoms with van der Waals surface area (Å²) >= 11 is 0. The molecule has 1 saturated heterocycles. The number of rotatable bonds is 7. The van der Waals surface area contributed by atoms with Gasteiger partial charge in [0.15, 0.2) is 9.84 Å². The first-order chi connectivity index (χ1) is 8.36. The van der Waals surface area contributed by atoms with Gasteiger partial charge in [-0.05, 0) is 26.2 Å². The van der Waals surface area contributed by atoms with E-state index in [0.29, 0.717) is 0 Å². The lowest BCUT2D eigenvalue weighted by Gasteiger charge is -2.28. The van der Waals surface area contributed by atoms with Crippen molar-refractivity contribution in [3.8, 4) is 0 Å². The Balaban J connectivity index is 2.50. The highest BCUT2D eigenvalue weighted by Crippen LogP contribution is 2.12. The van der Waals surface area contributed by atoms with Crippen LogP contribution in [0.4, 0.5) is 0 Å². The maximum absolute atomic E-state index is 12.0. The van der Waals surface area contributed by atoms with Crippen molar-refractivity contribution in [2.45, 2.75) is 44.9 Å². The Kier molecular flexibility index (Phi) is 5.59. The molecule has 0 aliphatic carbocycles. The van der Waals surface area contributed by atoms with Gasteiger partial charge in [-0.25, -0.2) is 8.42 Å². The van der Waals surface area contributed by atoms with Crippen molar-refractivity contribution in [2.75, 3.05) is 18.8 Å². The number of carbonyl (C=O) groups excluding carboxylic acids is 1. The molecule has 1 fully saturated rings. The number of amides is 1. The molecular formula is C12H24N2O3S. The van der Waals surface area contributed by atoms with E-state index in [0.717, 1.165) is 25.9 Å². The maximum Gasteiger partial charge on any atom is 0.238 e. The first-order valence-corrected chi connectivity index (χ1v) is 8.31. The zero-order chi connectivity index (χ0) is 13.8. The Hall–Kier alpha value is -0.620. The van der Waals surface area contributed by atoms with Crippen molar-refractivity contribution in [1.82, 2.24) is 10.6 Å². The Labute approximate surface area is 110 Å². The van der Waals surface area contributed by atoms with E-state index in [9.17, 15) is 13.2 Å². The van der Waals surface area contributed by atoms with Crippen molar-refractivity contribution in [3.05, 3.63) is 0 Å². The van der Waals surface area contributed by atoms with Crippen molar-refractivity contribution in [3.63, 3.8) is 0 Å². The van der Waals surface area contributed by atoms with E-state index >= 15 is 0 Å². The highest BCUT2D eigenvalue weighted by molar-refractivity contribution is 7.92. The molecule has 0 aromatic heterocycles. The number of hydrogen-bond donors (Lipinski definition) is 2. The van der Waals surface area contributed by atoms with Gasteiger partial charge in [0.1, 0.15) is 5.25 Å². The lowest BCUT2D eigenvalue weighted by molar-refractivity contribution is -0.121. The fraction of sp³-hybridized carbons (Fsp3) is 0.917. The third-order valence-corrected chi connectivity index (χ3v) is 5.58. The van der Waals surface area contributed by atoms with Gasteiger partial charge in [-0.1, -0.05) is 13.3 Å². The number of hydrogen-bond acceptors (Lipinski definition) is 4. The number of nitrogens with one attached hydrogen (secondary N) is 2. The molecule has 1 amide bonds. The van der Waals surface area contributed by atoms with E-state index in [2.05, 4.69) is 10.6 Å². The second-order valence-corrected chi connectivity index (χ2v) is 7.56. The lowest BCUT2D eigenvalue weighted by Crippen LogP contribution is -2.49. The Morgan fingerprint density at radius 1 is 1.39 bits per heavy atom. The highest BCUT2D eigenvalue weighted by Gasteiger charge is 2.32. The van der Waals surface area contributed by atoms with E-state index in [1.807, 2.05) is 13.8 Å². The van der Waals surface area contributed by atoms with Gasteiger partial charge in [0.2, 0.25) is 5.91 Å². The summed E-state index contributed by atoms with van der Waals surface area (Å²) in [6.07, 6.45) is 1.83. The van der Waals surface area contributed by atoms with Gasteiger partial charge in [0.05, 0.1) is 5.75 Å². The predicted molar refractivity (Wildman–Crippen MR) is 72.1 cm³/mol. The monoisotopic (exact) mass is 276 g/mol. The smallest absolute Gasteiger partial charge is 0.238 e. The van der Waals surface area contributed by atoms with Gasteiger partial charge in [0, 0.05) is 19.1 Å². The summed E-state index contributed by atoms with van der Waals surface area (Å²) < 4.78 is 24.1. The van der Waals surface area contributed by atoms with Gasteiger partial charge in [-0.3, -0.25) is 4.79 Å². The fourth-order valence-electron chi connectivity index (χ4n) is 1.97. The normalized spacial score (nSPS) is 19.9. The summed E-state index contributed by atoms with van der Waals surface area (Å²) in [5.74, 6) is -0.0990. The van der Waals surface area contributed by atoms with Crippen LogP contribution in [0.25, 0.3) is 0 Å². The van der Waals surface area contributed by atoms with Crippen LogP contribution in [0.15, 0.2) is 0 Å². The minimum absolute atomic E-state index is 0.0329. The molecule has 1 heterocycles. The minimum Gasteiger partial charge on any atom is -0.353 e. The molecule has 106 valence electrons. The van der Waals surface area contributed by atoms with E-state index < -0.39 is 15.1 Å². The number of sulfone groups is 1. The topological polar surface area (TPSA) is 75.3 Å². The Bertz CT molecular complexity index is 377. The van der Waals surface area contributed by atoms with Gasteiger partial charge in [-0.2, -0.15) is 0 Å². The molecular weight excluding hydrogens is 252 g/mol. The van der Waals surface area contributed by atoms with Crippen LogP contribution in [0.2, 0.25) is 0 Å². The van der Waals surface area contributed by atoms with Crippen LogP contribution in [0.3, 0.4) is 0 Å². The quantitative estimate of drug-likeness (QED) is 0.702. The molecule has 0 bridgehead atoms. The van der Waals surface area contributed by atoms with Gasteiger partial charge in [-0.15, -0.1) is 0 Å². The average molecular weight is 276 g/mol. The SMILES string of the molecule is CCCC(C)NC(=O)C(C)S(=O)(=O)CC1CNC1. The van der Waals surface area contributed by atoms with Gasteiger partial charge >= 0.3 is 0 Å². The summed E-state index contributed by atoms with van der Waals surface area (Å²) in [5, 5.41) is 4.85. The highest BCUT2D eigenvalue weighted by atomic mass is 32.2. The van der Waals surface area contributed by atoms with Crippen LogP contribution in [0, 0.1) is 5.92 Å². The second-order valence-electron chi connectivity index (χ2n) is 5.19. The minimum atomic E-state index is -3.33. The summed E-state index contributed by atoms with van der Waals surface area (Å²) in [6.45, 7) is 6.89. The van der Waals surface area contributed by atoms with Crippen LogP contribution < -0.4 is 10.6 Å². The molecule has 2 atom stereocenters. The molecule has 0 aromatic carbocycles. The van der Waals surface area contributed by atoms with Gasteiger partial charge < -0.3 is 10.6 Å². The summed E-state index contributed by atoms with van der Waals surface area (Å²) in [5.41, 5.74) is 0.